The van der Waals surface area contributed by atoms with Crippen LogP contribution in [0.15, 0.2) is 18.2 Å². The highest BCUT2D eigenvalue weighted by Gasteiger charge is 2.15. The minimum absolute atomic E-state index is 0.0324. The van der Waals surface area contributed by atoms with E-state index in [-0.39, 0.29) is 5.69 Å². The van der Waals surface area contributed by atoms with Gasteiger partial charge in [-0.3, -0.25) is 4.40 Å². The summed E-state index contributed by atoms with van der Waals surface area (Å²) in [7, 11) is 0. The molecule has 0 bridgehead atoms. The number of hydrogen-bond acceptors (Lipinski definition) is 2. The van der Waals surface area contributed by atoms with E-state index in [0.29, 0.717) is 16.5 Å². The number of aromatic nitrogens is 2. The largest absolute Gasteiger partial charge is 0.476 e. The van der Waals surface area contributed by atoms with Gasteiger partial charge in [-0.05, 0) is 19.1 Å². The van der Waals surface area contributed by atoms with E-state index in [1.807, 2.05) is 0 Å². The maximum Gasteiger partial charge on any atom is 0.356 e. The minimum atomic E-state index is -1.04. The van der Waals surface area contributed by atoms with Crippen LogP contribution in [0.4, 0.5) is 0 Å². The standard InChI is InChI=1S/C9H7ClN2O2/c1-5-11-8(9(13)14)6-3-2-4-7(10)12(5)6/h2-4H,1H3,(H,13,14). The Kier molecular flexibility index (Phi) is 1.93. The van der Waals surface area contributed by atoms with Crippen molar-refractivity contribution >= 4 is 23.1 Å². The van der Waals surface area contributed by atoms with Crippen molar-refractivity contribution in [2.45, 2.75) is 6.92 Å². The molecular weight excluding hydrogens is 204 g/mol. The Morgan fingerprint density at radius 1 is 1.57 bits per heavy atom. The lowest BCUT2D eigenvalue weighted by atomic mass is 10.3. The Morgan fingerprint density at radius 3 is 2.93 bits per heavy atom. The van der Waals surface area contributed by atoms with Gasteiger partial charge in [-0.15, -0.1) is 0 Å². The fourth-order valence-electron chi connectivity index (χ4n) is 1.42. The summed E-state index contributed by atoms with van der Waals surface area (Å²) in [6.45, 7) is 1.71. The van der Waals surface area contributed by atoms with Gasteiger partial charge < -0.3 is 5.11 Å². The molecular formula is C9H7ClN2O2. The number of pyridine rings is 1. The van der Waals surface area contributed by atoms with Crippen molar-refractivity contribution in [1.82, 2.24) is 9.38 Å². The van der Waals surface area contributed by atoms with Crippen molar-refractivity contribution in [2.24, 2.45) is 0 Å². The normalized spacial score (nSPS) is 10.7. The van der Waals surface area contributed by atoms with E-state index in [1.165, 1.54) is 0 Å². The predicted molar refractivity (Wildman–Crippen MR) is 51.9 cm³/mol. The molecule has 0 aliphatic rings. The average Bonchev–Trinajstić information content (AvgIpc) is 2.45. The minimum Gasteiger partial charge on any atom is -0.476 e. The van der Waals surface area contributed by atoms with Crippen LogP contribution in [-0.4, -0.2) is 20.5 Å². The Hall–Kier alpha value is -1.55. The van der Waals surface area contributed by atoms with E-state index < -0.39 is 5.97 Å². The maximum absolute atomic E-state index is 10.8. The third-order valence-corrected chi connectivity index (χ3v) is 2.28. The number of aryl methyl sites for hydroxylation is 1. The average molecular weight is 211 g/mol. The van der Waals surface area contributed by atoms with Crippen molar-refractivity contribution in [2.75, 3.05) is 0 Å². The van der Waals surface area contributed by atoms with Gasteiger partial charge in [-0.1, -0.05) is 17.7 Å². The highest BCUT2D eigenvalue weighted by Crippen LogP contribution is 2.18. The highest BCUT2D eigenvalue weighted by molar-refractivity contribution is 6.29. The first kappa shape index (κ1) is 9.02. The second-order valence-corrected chi connectivity index (χ2v) is 3.27. The summed E-state index contributed by atoms with van der Waals surface area (Å²) >= 11 is 5.91. The lowest BCUT2D eigenvalue weighted by Crippen LogP contribution is -1.97. The van der Waals surface area contributed by atoms with Gasteiger partial charge >= 0.3 is 5.97 Å². The molecule has 0 fully saturated rings. The Labute approximate surface area is 84.8 Å². The first-order valence-corrected chi connectivity index (χ1v) is 4.36. The molecule has 0 spiro atoms. The van der Waals surface area contributed by atoms with Crippen LogP contribution in [0.25, 0.3) is 5.52 Å². The van der Waals surface area contributed by atoms with Crippen molar-refractivity contribution < 1.29 is 9.90 Å². The molecule has 1 N–H and O–H groups in total. The molecule has 2 aromatic rings. The monoisotopic (exact) mass is 210 g/mol. The van der Waals surface area contributed by atoms with Gasteiger partial charge in [-0.2, -0.15) is 0 Å². The Bertz CT molecular complexity index is 519. The van der Waals surface area contributed by atoms with Crippen LogP contribution in [0.3, 0.4) is 0 Å². The second-order valence-electron chi connectivity index (χ2n) is 2.88. The van der Waals surface area contributed by atoms with Crippen LogP contribution < -0.4 is 0 Å². The molecule has 0 saturated carbocycles. The molecule has 0 amide bonds. The SMILES string of the molecule is Cc1nc(C(=O)O)c2cccc(Cl)n12. The quantitative estimate of drug-likeness (QED) is 0.733. The van der Waals surface area contributed by atoms with E-state index in [2.05, 4.69) is 4.98 Å². The molecule has 2 aromatic heterocycles. The molecule has 14 heavy (non-hydrogen) atoms. The van der Waals surface area contributed by atoms with E-state index in [1.54, 1.807) is 29.5 Å². The molecule has 0 aromatic carbocycles. The zero-order valence-corrected chi connectivity index (χ0v) is 8.12. The number of carbonyl (C=O) groups is 1. The zero-order chi connectivity index (χ0) is 10.3. The van der Waals surface area contributed by atoms with Crippen molar-refractivity contribution in [3.63, 3.8) is 0 Å². The lowest BCUT2D eigenvalue weighted by molar-refractivity contribution is 0.0693. The Balaban J connectivity index is 2.91. The van der Waals surface area contributed by atoms with Crippen LogP contribution in [-0.2, 0) is 0 Å². The zero-order valence-electron chi connectivity index (χ0n) is 7.36. The third kappa shape index (κ3) is 1.15. The summed E-state index contributed by atoms with van der Waals surface area (Å²) in [4.78, 5) is 14.7. The fraction of sp³-hybridized carbons (Fsp3) is 0.111. The van der Waals surface area contributed by atoms with Crippen LogP contribution in [0.5, 0.6) is 0 Å². The van der Waals surface area contributed by atoms with E-state index in [0.717, 1.165) is 0 Å². The molecule has 0 radical (unpaired) electrons. The first-order valence-electron chi connectivity index (χ1n) is 3.98. The number of rotatable bonds is 1. The highest BCUT2D eigenvalue weighted by atomic mass is 35.5. The molecule has 0 saturated heterocycles. The van der Waals surface area contributed by atoms with Crippen molar-refractivity contribution in [3.8, 4) is 0 Å². The Morgan fingerprint density at radius 2 is 2.29 bits per heavy atom. The summed E-state index contributed by atoms with van der Waals surface area (Å²) in [5.41, 5.74) is 0.549. The van der Waals surface area contributed by atoms with Gasteiger partial charge in [0.25, 0.3) is 0 Å². The van der Waals surface area contributed by atoms with Crippen LogP contribution in [0.2, 0.25) is 5.15 Å². The van der Waals surface area contributed by atoms with Gasteiger partial charge in [0.2, 0.25) is 0 Å². The smallest absolute Gasteiger partial charge is 0.356 e. The number of nitrogens with zero attached hydrogens (tertiary/aromatic N) is 2. The predicted octanol–water partition coefficient (Wildman–Crippen LogP) is 1.99. The van der Waals surface area contributed by atoms with Gasteiger partial charge in [0, 0.05) is 0 Å². The van der Waals surface area contributed by atoms with Gasteiger partial charge in [0.1, 0.15) is 11.0 Å². The second kappa shape index (κ2) is 2.99. The molecule has 72 valence electrons. The number of aromatic carboxylic acids is 1. The van der Waals surface area contributed by atoms with Crippen LogP contribution in [0.1, 0.15) is 16.3 Å². The fourth-order valence-corrected chi connectivity index (χ4v) is 1.71. The number of imidazole rings is 1. The number of halogens is 1. The molecule has 2 rings (SSSR count). The van der Waals surface area contributed by atoms with Gasteiger partial charge in [-0.25, -0.2) is 9.78 Å². The summed E-state index contributed by atoms with van der Waals surface area (Å²) in [6.07, 6.45) is 0. The van der Waals surface area contributed by atoms with Gasteiger partial charge in [0.05, 0.1) is 5.52 Å². The first-order chi connectivity index (χ1) is 6.61. The number of fused-ring (bicyclic) bond motifs is 1. The molecule has 4 nitrogen and oxygen atoms in total. The molecule has 0 atom stereocenters. The number of hydrogen-bond donors (Lipinski definition) is 1. The summed E-state index contributed by atoms with van der Waals surface area (Å²) in [5, 5.41) is 9.33. The third-order valence-electron chi connectivity index (χ3n) is 1.98. The van der Waals surface area contributed by atoms with Crippen molar-refractivity contribution in [1.29, 1.82) is 0 Å². The maximum atomic E-state index is 10.8. The van der Waals surface area contributed by atoms with E-state index >= 15 is 0 Å². The summed E-state index contributed by atoms with van der Waals surface area (Å²) in [6, 6.07) is 5.06. The molecule has 0 aliphatic carbocycles. The van der Waals surface area contributed by atoms with E-state index in [9.17, 15) is 4.79 Å². The number of carboxylic acids is 1. The number of carboxylic acid groups (broad SMARTS) is 1. The van der Waals surface area contributed by atoms with E-state index in [4.69, 9.17) is 16.7 Å². The topological polar surface area (TPSA) is 54.6 Å². The molecule has 0 unspecified atom stereocenters. The van der Waals surface area contributed by atoms with Crippen LogP contribution in [0, 0.1) is 6.92 Å². The van der Waals surface area contributed by atoms with Crippen LogP contribution >= 0.6 is 11.6 Å². The summed E-state index contributed by atoms with van der Waals surface area (Å²) < 4.78 is 1.60. The lowest BCUT2D eigenvalue weighted by Gasteiger charge is -1.98. The molecule has 0 aliphatic heterocycles. The van der Waals surface area contributed by atoms with Gasteiger partial charge in [0.15, 0.2) is 5.69 Å². The van der Waals surface area contributed by atoms with Crippen molar-refractivity contribution in [3.05, 3.63) is 34.9 Å². The summed E-state index contributed by atoms with van der Waals surface area (Å²) in [5.74, 6) is -0.471. The molecule has 2 heterocycles. The molecule has 5 heteroatoms.